The fourth-order valence-corrected chi connectivity index (χ4v) is 1.92. The third-order valence-electron chi connectivity index (χ3n) is 2.80. The van der Waals surface area contributed by atoms with Gasteiger partial charge < -0.3 is 9.15 Å². The van der Waals surface area contributed by atoms with E-state index in [0.717, 1.165) is 28.7 Å². The molecule has 0 N–H and O–H groups in total. The van der Waals surface area contributed by atoms with Gasteiger partial charge in [-0.3, -0.25) is 0 Å². The molecule has 0 spiro atoms. The van der Waals surface area contributed by atoms with Crippen molar-refractivity contribution in [3.05, 3.63) is 39.7 Å². The molecule has 0 aliphatic rings. The molecule has 0 atom stereocenters. The molecule has 1 aromatic carbocycles. The first-order chi connectivity index (χ1) is 7.67. The summed E-state index contributed by atoms with van der Waals surface area (Å²) in [4.78, 5) is 11.4. The van der Waals surface area contributed by atoms with Gasteiger partial charge in [-0.15, -0.1) is 0 Å². The van der Waals surface area contributed by atoms with Gasteiger partial charge >= 0.3 is 5.63 Å². The van der Waals surface area contributed by atoms with E-state index >= 15 is 0 Å². The maximum absolute atomic E-state index is 11.4. The van der Waals surface area contributed by atoms with Crippen molar-refractivity contribution in [3.8, 4) is 5.75 Å². The molecule has 0 radical (unpaired) electrons. The SMILES string of the molecule is CCc1cc(=O)oc2c(C)c(OC)ccc12. The highest BCUT2D eigenvalue weighted by molar-refractivity contribution is 5.84. The quantitative estimate of drug-likeness (QED) is 0.727. The summed E-state index contributed by atoms with van der Waals surface area (Å²) in [6, 6.07) is 5.38. The van der Waals surface area contributed by atoms with E-state index in [9.17, 15) is 4.79 Å². The minimum atomic E-state index is -0.305. The molecule has 2 aromatic rings. The highest BCUT2D eigenvalue weighted by Gasteiger charge is 2.09. The van der Waals surface area contributed by atoms with Gasteiger partial charge in [0.25, 0.3) is 0 Å². The maximum Gasteiger partial charge on any atom is 0.336 e. The molecule has 1 heterocycles. The largest absolute Gasteiger partial charge is 0.496 e. The Labute approximate surface area is 93.7 Å². The van der Waals surface area contributed by atoms with E-state index in [0.29, 0.717) is 5.58 Å². The smallest absolute Gasteiger partial charge is 0.336 e. The van der Waals surface area contributed by atoms with Gasteiger partial charge in [0.05, 0.1) is 7.11 Å². The molecule has 1 aromatic heterocycles. The highest BCUT2D eigenvalue weighted by Crippen LogP contribution is 2.28. The first-order valence-electron chi connectivity index (χ1n) is 5.27. The molecule has 0 bridgehead atoms. The zero-order valence-corrected chi connectivity index (χ0v) is 9.66. The standard InChI is InChI=1S/C13H14O3/c1-4-9-7-12(14)16-13-8(2)11(15-3)6-5-10(9)13/h5-7H,4H2,1-3H3. The van der Waals surface area contributed by atoms with Crippen LogP contribution in [0.5, 0.6) is 5.75 Å². The fourth-order valence-electron chi connectivity index (χ4n) is 1.92. The van der Waals surface area contributed by atoms with Crippen molar-refractivity contribution >= 4 is 11.0 Å². The minimum Gasteiger partial charge on any atom is -0.496 e. The van der Waals surface area contributed by atoms with Crippen molar-refractivity contribution in [2.24, 2.45) is 0 Å². The fraction of sp³-hybridized carbons (Fsp3) is 0.308. The second-order valence-corrected chi connectivity index (χ2v) is 3.71. The first kappa shape index (κ1) is 10.7. The maximum atomic E-state index is 11.4. The number of hydrogen-bond donors (Lipinski definition) is 0. The van der Waals surface area contributed by atoms with Crippen LogP contribution >= 0.6 is 0 Å². The number of hydrogen-bond acceptors (Lipinski definition) is 3. The van der Waals surface area contributed by atoms with Crippen molar-refractivity contribution in [1.82, 2.24) is 0 Å². The van der Waals surface area contributed by atoms with Crippen LogP contribution in [0.3, 0.4) is 0 Å². The van der Waals surface area contributed by atoms with E-state index in [1.165, 1.54) is 0 Å². The van der Waals surface area contributed by atoms with Crippen molar-refractivity contribution in [3.63, 3.8) is 0 Å². The Morgan fingerprint density at radius 1 is 1.38 bits per heavy atom. The van der Waals surface area contributed by atoms with Crippen LogP contribution in [0.25, 0.3) is 11.0 Å². The number of rotatable bonds is 2. The molecule has 0 aliphatic carbocycles. The Morgan fingerprint density at radius 3 is 2.75 bits per heavy atom. The monoisotopic (exact) mass is 218 g/mol. The van der Waals surface area contributed by atoms with Gasteiger partial charge in [-0.1, -0.05) is 6.92 Å². The van der Waals surface area contributed by atoms with Crippen molar-refractivity contribution in [2.75, 3.05) is 7.11 Å². The summed E-state index contributed by atoms with van der Waals surface area (Å²) in [5, 5.41) is 0.986. The summed E-state index contributed by atoms with van der Waals surface area (Å²) in [6.07, 6.45) is 0.813. The van der Waals surface area contributed by atoms with E-state index in [1.807, 2.05) is 26.0 Å². The van der Waals surface area contributed by atoms with Crippen molar-refractivity contribution < 1.29 is 9.15 Å². The van der Waals surface area contributed by atoms with E-state index < -0.39 is 0 Å². The third-order valence-corrected chi connectivity index (χ3v) is 2.80. The van der Waals surface area contributed by atoms with Crippen molar-refractivity contribution in [2.45, 2.75) is 20.3 Å². The molecule has 3 heteroatoms. The zero-order valence-electron chi connectivity index (χ0n) is 9.66. The molecule has 0 saturated carbocycles. The van der Waals surface area contributed by atoms with E-state index in [1.54, 1.807) is 13.2 Å². The molecule has 0 amide bonds. The van der Waals surface area contributed by atoms with Crippen molar-refractivity contribution in [1.29, 1.82) is 0 Å². The zero-order chi connectivity index (χ0) is 11.7. The van der Waals surface area contributed by atoms with Crippen LogP contribution in [0, 0.1) is 6.92 Å². The Kier molecular flexibility index (Phi) is 2.69. The second-order valence-electron chi connectivity index (χ2n) is 3.71. The topological polar surface area (TPSA) is 39.4 Å². The lowest BCUT2D eigenvalue weighted by Gasteiger charge is -2.08. The number of methoxy groups -OCH3 is 1. The molecule has 2 rings (SSSR count). The van der Waals surface area contributed by atoms with Gasteiger partial charge in [0.15, 0.2) is 0 Å². The normalized spacial score (nSPS) is 10.7. The molecule has 16 heavy (non-hydrogen) atoms. The Balaban J connectivity index is 2.88. The predicted molar refractivity (Wildman–Crippen MR) is 63.2 cm³/mol. The van der Waals surface area contributed by atoms with Crippen LogP contribution < -0.4 is 10.4 Å². The average molecular weight is 218 g/mol. The molecular weight excluding hydrogens is 204 g/mol. The van der Waals surface area contributed by atoms with Gasteiger partial charge in [-0.05, 0) is 31.0 Å². The molecule has 0 aliphatic heterocycles. The van der Waals surface area contributed by atoms with Crippen LogP contribution in [0.2, 0.25) is 0 Å². The lowest BCUT2D eigenvalue weighted by Crippen LogP contribution is -2.01. The number of fused-ring (bicyclic) bond motifs is 1. The van der Waals surface area contributed by atoms with Gasteiger partial charge in [0.2, 0.25) is 0 Å². The highest BCUT2D eigenvalue weighted by atomic mass is 16.5. The third kappa shape index (κ3) is 1.58. The summed E-state index contributed by atoms with van der Waals surface area (Å²) in [5.41, 5.74) is 2.20. The Bertz CT molecular complexity index is 581. The summed E-state index contributed by atoms with van der Waals surface area (Å²) in [6.45, 7) is 3.91. The van der Waals surface area contributed by atoms with Crippen LogP contribution in [0.4, 0.5) is 0 Å². The van der Waals surface area contributed by atoms with Gasteiger partial charge in [0.1, 0.15) is 11.3 Å². The number of ether oxygens (including phenoxy) is 1. The van der Waals surface area contributed by atoms with E-state index in [2.05, 4.69) is 0 Å². The van der Waals surface area contributed by atoms with Crippen LogP contribution in [0.15, 0.2) is 27.4 Å². The second kappa shape index (κ2) is 4.00. The van der Waals surface area contributed by atoms with Gasteiger partial charge in [0, 0.05) is 17.0 Å². The Hall–Kier alpha value is -1.77. The summed E-state index contributed by atoms with van der Waals surface area (Å²) < 4.78 is 10.4. The number of aryl methyl sites for hydroxylation is 2. The molecule has 3 nitrogen and oxygen atoms in total. The van der Waals surface area contributed by atoms with Crippen LogP contribution in [-0.4, -0.2) is 7.11 Å². The number of benzene rings is 1. The summed E-state index contributed by atoms with van der Waals surface area (Å²) >= 11 is 0. The van der Waals surface area contributed by atoms with Crippen LogP contribution in [0.1, 0.15) is 18.1 Å². The molecule has 0 fully saturated rings. The lowest BCUT2D eigenvalue weighted by molar-refractivity contribution is 0.410. The summed E-state index contributed by atoms with van der Waals surface area (Å²) in [7, 11) is 1.61. The van der Waals surface area contributed by atoms with Gasteiger partial charge in [-0.25, -0.2) is 4.79 Å². The predicted octanol–water partition coefficient (Wildman–Crippen LogP) is 2.67. The molecule has 0 unspecified atom stereocenters. The van der Waals surface area contributed by atoms with Gasteiger partial charge in [-0.2, -0.15) is 0 Å². The van der Waals surface area contributed by atoms with E-state index in [4.69, 9.17) is 9.15 Å². The minimum absolute atomic E-state index is 0.305. The van der Waals surface area contributed by atoms with E-state index in [-0.39, 0.29) is 5.63 Å². The van der Waals surface area contributed by atoms with Crippen LogP contribution in [-0.2, 0) is 6.42 Å². The molecule has 84 valence electrons. The Morgan fingerprint density at radius 2 is 2.12 bits per heavy atom. The average Bonchev–Trinajstić information content (AvgIpc) is 2.29. The summed E-state index contributed by atoms with van der Waals surface area (Å²) in [5.74, 6) is 0.740. The first-order valence-corrected chi connectivity index (χ1v) is 5.27. The lowest BCUT2D eigenvalue weighted by atomic mass is 10.0. The molecule has 0 saturated heterocycles. The molecular formula is C13H14O3.